The molecule has 0 aliphatic rings. The Labute approximate surface area is 118 Å². The fourth-order valence-corrected chi connectivity index (χ4v) is 2.41. The maximum absolute atomic E-state index is 4.14. The summed E-state index contributed by atoms with van der Waals surface area (Å²) < 4.78 is 0. The molecule has 0 aliphatic carbocycles. The van der Waals surface area contributed by atoms with Crippen molar-refractivity contribution in [1.82, 2.24) is 10.2 Å². The summed E-state index contributed by atoms with van der Waals surface area (Å²) in [6, 6.07) is 16.6. The minimum atomic E-state index is 0.805. The zero-order valence-corrected chi connectivity index (χ0v) is 11.5. The normalized spacial score (nSPS) is 10.7. The second-order valence-corrected chi connectivity index (χ2v) is 4.75. The average Bonchev–Trinajstić information content (AvgIpc) is 2.53. The Kier molecular flexibility index (Phi) is 3.59. The van der Waals surface area contributed by atoms with Gasteiger partial charge in [0.15, 0.2) is 0 Å². The summed E-state index contributed by atoms with van der Waals surface area (Å²) in [6.45, 7) is 2.99. The lowest BCUT2D eigenvalue weighted by atomic mass is 10.1. The lowest BCUT2D eigenvalue weighted by molar-refractivity contribution is 1.03. The van der Waals surface area contributed by atoms with Crippen molar-refractivity contribution < 1.29 is 0 Å². The van der Waals surface area contributed by atoms with Crippen LogP contribution in [0.5, 0.6) is 0 Å². The van der Waals surface area contributed by atoms with Gasteiger partial charge >= 0.3 is 0 Å². The van der Waals surface area contributed by atoms with Crippen molar-refractivity contribution in [2.45, 2.75) is 19.9 Å². The molecule has 3 rings (SSSR count). The molecule has 0 unspecified atom stereocenters. The van der Waals surface area contributed by atoms with E-state index in [4.69, 9.17) is 0 Å². The van der Waals surface area contributed by atoms with Crippen LogP contribution in [0.3, 0.4) is 0 Å². The van der Waals surface area contributed by atoms with Crippen LogP contribution < -0.4 is 5.32 Å². The molecule has 0 atom stereocenters. The van der Waals surface area contributed by atoms with Gasteiger partial charge in [-0.2, -0.15) is 10.2 Å². The third-order valence-corrected chi connectivity index (χ3v) is 3.52. The average molecular weight is 263 g/mol. The smallest absolute Gasteiger partial charge is 0.0950 e. The highest BCUT2D eigenvalue weighted by molar-refractivity contribution is 5.90. The minimum absolute atomic E-state index is 0.805. The number of nitrogens with one attached hydrogen (secondary N) is 1. The van der Waals surface area contributed by atoms with E-state index in [1.54, 1.807) is 6.20 Å². The summed E-state index contributed by atoms with van der Waals surface area (Å²) in [6.07, 6.45) is 2.84. The second-order valence-electron chi connectivity index (χ2n) is 4.75. The van der Waals surface area contributed by atoms with Crippen LogP contribution in [-0.4, -0.2) is 10.2 Å². The molecule has 0 radical (unpaired) electrons. The van der Waals surface area contributed by atoms with Crippen molar-refractivity contribution >= 4 is 16.6 Å². The van der Waals surface area contributed by atoms with Crippen LogP contribution in [0, 0.1) is 0 Å². The van der Waals surface area contributed by atoms with E-state index >= 15 is 0 Å². The van der Waals surface area contributed by atoms with Gasteiger partial charge in [0.05, 0.1) is 17.4 Å². The topological polar surface area (TPSA) is 37.8 Å². The van der Waals surface area contributed by atoms with Gasteiger partial charge in [0.1, 0.15) is 0 Å². The number of hydrogen-bond donors (Lipinski definition) is 1. The fraction of sp³-hybridized carbons (Fsp3) is 0.176. The first kappa shape index (κ1) is 12.6. The maximum Gasteiger partial charge on any atom is 0.0950 e. The van der Waals surface area contributed by atoms with E-state index in [1.165, 1.54) is 11.1 Å². The third-order valence-electron chi connectivity index (χ3n) is 3.52. The number of benzene rings is 2. The number of rotatable bonds is 4. The lowest BCUT2D eigenvalue weighted by Crippen LogP contribution is -2.03. The van der Waals surface area contributed by atoms with Gasteiger partial charge in [0, 0.05) is 11.9 Å². The zero-order valence-electron chi connectivity index (χ0n) is 11.5. The Balaban J connectivity index is 1.87. The molecule has 2 aromatic carbocycles. The molecule has 0 fully saturated rings. The highest BCUT2D eigenvalue weighted by Gasteiger charge is 2.03. The van der Waals surface area contributed by atoms with Crippen molar-refractivity contribution in [2.75, 3.05) is 5.32 Å². The first-order valence-corrected chi connectivity index (χ1v) is 6.89. The van der Waals surface area contributed by atoms with Gasteiger partial charge in [0.2, 0.25) is 0 Å². The van der Waals surface area contributed by atoms with Crippen LogP contribution in [0.1, 0.15) is 18.1 Å². The van der Waals surface area contributed by atoms with Crippen molar-refractivity contribution in [3.05, 3.63) is 65.9 Å². The standard InChI is InChI=1S/C17H17N3/c1-2-13-7-3-4-8-14(13)11-18-17-12-19-20-16-10-6-5-9-15(16)17/h3-10,12H,2,11H2,1H3,(H,18,20). The molecule has 3 aromatic rings. The van der Waals surface area contributed by atoms with Crippen molar-refractivity contribution in [3.8, 4) is 0 Å². The van der Waals surface area contributed by atoms with Crippen molar-refractivity contribution in [2.24, 2.45) is 0 Å². The predicted octanol–water partition coefficient (Wildman–Crippen LogP) is 3.80. The van der Waals surface area contributed by atoms with Crippen LogP contribution in [0.4, 0.5) is 5.69 Å². The largest absolute Gasteiger partial charge is 0.379 e. The zero-order chi connectivity index (χ0) is 13.8. The number of hydrogen-bond acceptors (Lipinski definition) is 3. The summed E-state index contributed by atoms with van der Waals surface area (Å²) in [5, 5.41) is 12.8. The van der Waals surface area contributed by atoms with E-state index < -0.39 is 0 Å². The van der Waals surface area contributed by atoms with E-state index in [0.717, 1.165) is 29.6 Å². The van der Waals surface area contributed by atoms with Crippen LogP contribution in [0.15, 0.2) is 54.7 Å². The molecule has 1 aromatic heterocycles. The first-order chi connectivity index (χ1) is 9.88. The molecule has 20 heavy (non-hydrogen) atoms. The number of anilines is 1. The van der Waals surface area contributed by atoms with Gasteiger partial charge in [-0.1, -0.05) is 49.4 Å². The number of aromatic nitrogens is 2. The maximum atomic E-state index is 4.14. The van der Waals surface area contributed by atoms with E-state index in [9.17, 15) is 0 Å². The Morgan fingerprint density at radius 1 is 0.950 bits per heavy atom. The summed E-state index contributed by atoms with van der Waals surface area (Å²) in [7, 11) is 0. The van der Waals surface area contributed by atoms with E-state index in [1.807, 2.05) is 18.2 Å². The fourth-order valence-electron chi connectivity index (χ4n) is 2.41. The lowest BCUT2D eigenvalue weighted by Gasteiger charge is -2.11. The summed E-state index contributed by atoms with van der Waals surface area (Å²) in [4.78, 5) is 0. The predicted molar refractivity (Wildman–Crippen MR) is 82.7 cm³/mol. The molecule has 0 aliphatic heterocycles. The van der Waals surface area contributed by atoms with E-state index in [-0.39, 0.29) is 0 Å². The summed E-state index contributed by atoms with van der Waals surface area (Å²) in [5.41, 5.74) is 4.66. The van der Waals surface area contributed by atoms with Gasteiger partial charge in [0.25, 0.3) is 0 Å². The van der Waals surface area contributed by atoms with Gasteiger partial charge < -0.3 is 5.32 Å². The molecule has 3 nitrogen and oxygen atoms in total. The molecular weight excluding hydrogens is 246 g/mol. The third kappa shape index (κ3) is 2.48. The van der Waals surface area contributed by atoms with Gasteiger partial charge in [-0.15, -0.1) is 0 Å². The minimum Gasteiger partial charge on any atom is -0.379 e. The van der Waals surface area contributed by atoms with Crippen LogP contribution in [0.2, 0.25) is 0 Å². The van der Waals surface area contributed by atoms with E-state index in [0.29, 0.717) is 0 Å². The molecule has 1 heterocycles. The van der Waals surface area contributed by atoms with Gasteiger partial charge in [-0.3, -0.25) is 0 Å². The molecule has 0 saturated heterocycles. The molecule has 0 bridgehead atoms. The second kappa shape index (κ2) is 5.70. The highest BCUT2D eigenvalue weighted by Crippen LogP contribution is 2.21. The number of aryl methyl sites for hydroxylation is 1. The van der Waals surface area contributed by atoms with Crippen molar-refractivity contribution in [3.63, 3.8) is 0 Å². The molecule has 1 N–H and O–H groups in total. The highest BCUT2D eigenvalue weighted by atomic mass is 15.1. The first-order valence-electron chi connectivity index (χ1n) is 6.89. The Hall–Kier alpha value is -2.42. The van der Waals surface area contributed by atoms with E-state index in [2.05, 4.69) is 52.8 Å². The van der Waals surface area contributed by atoms with Gasteiger partial charge in [-0.05, 0) is 23.6 Å². The molecule has 3 heteroatoms. The number of fused-ring (bicyclic) bond motifs is 1. The molecule has 0 saturated carbocycles. The Morgan fingerprint density at radius 2 is 1.70 bits per heavy atom. The summed E-state index contributed by atoms with van der Waals surface area (Å²) >= 11 is 0. The number of nitrogens with zero attached hydrogens (tertiary/aromatic N) is 2. The van der Waals surface area contributed by atoms with Gasteiger partial charge in [-0.25, -0.2) is 0 Å². The molecule has 100 valence electrons. The van der Waals surface area contributed by atoms with Crippen molar-refractivity contribution in [1.29, 1.82) is 0 Å². The SMILES string of the molecule is CCc1ccccc1CNc1cnnc2ccccc12. The quantitative estimate of drug-likeness (QED) is 0.778. The van der Waals surface area contributed by atoms with Crippen LogP contribution in [-0.2, 0) is 13.0 Å². The van der Waals surface area contributed by atoms with Crippen LogP contribution in [0.25, 0.3) is 10.9 Å². The molecular formula is C17H17N3. The summed E-state index contributed by atoms with van der Waals surface area (Å²) in [5.74, 6) is 0. The van der Waals surface area contributed by atoms with Crippen LogP contribution >= 0.6 is 0 Å². The molecule has 0 spiro atoms. The Morgan fingerprint density at radius 3 is 2.55 bits per heavy atom. The Bertz CT molecular complexity index is 717. The molecule has 0 amide bonds. The monoisotopic (exact) mass is 263 g/mol.